The Hall–Kier alpha value is -2.24. The molecule has 1 aromatic rings. The van der Waals surface area contributed by atoms with Gasteiger partial charge in [0, 0.05) is 5.56 Å². The third kappa shape index (κ3) is 3.63. The van der Waals surface area contributed by atoms with E-state index in [0.29, 0.717) is 5.56 Å². The van der Waals surface area contributed by atoms with E-state index in [4.69, 9.17) is 10.2 Å². The fourth-order valence-corrected chi connectivity index (χ4v) is 1.85. The zero-order valence-corrected chi connectivity index (χ0v) is 11.3. The zero-order valence-electron chi connectivity index (χ0n) is 11.3. The number of hydrogen-bond acceptors (Lipinski definition) is 4. The summed E-state index contributed by atoms with van der Waals surface area (Å²) in [5.74, 6) is -3.89. The minimum absolute atomic E-state index is 0.0255. The van der Waals surface area contributed by atoms with Gasteiger partial charge in [-0.3, -0.25) is 9.59 Å². The van der Waals surface area contributed by atoms with Gasteiger partial charge in [0.2, 0.25) is 0 Å². The lowest BCUT2D eigenvalue weighted by molar-refractivity contribution is -0.142. The molecule has 110 valence electrons. The van der Waals surface area contributed by atoms with Gasteiger partial charge in [0.05, 0.1) is 11.8 Å². The summed E-state index contributed by atoms with van der Waals surface area (Å²) < 4.78 is 0. The third-order valence-corrected chi connectivity index (χ3v) is 3.22. The first kappa shape index (κ1) is 15.8. The van der Waals surface area contributed by atoms with Gasteiger partial charge in [-0.25, -0.2) is 0 Å². The molecule has 4 N–H and O–H groups in total. The van der Waals surface area contributed by atoms with Gasteiger partial charge in [0.1, 0.15) is 11.5 Å². The number of aromatic hydroxyl groups is 2. The van der Waals surface area contributed by atoms with E-state index in [9.17, 15) is 19.8 Å². The molecule has 6 nitrogen and oxygen atoms in total. The number of hydrogen-bond donors (Lipinski definition) is 4. The second-order valence-corrected chi connectivity index (χ2v) is 4.96. The first-order valence-corrected chi connectivity index (χ1v) is 6.22. The summed E-state index contributed by atoms with van der Waals surface area (Å²) in [7, 11) is 0. The summed E-state index contributed by atoms with van der Waals surface area (Å²) >= 11 is 0. The quantitative estimate of drug-likeness (QED) is 0.630. The summed E-state index contributed by atoms with van der Waals surface area (Å²) in [6.45, 7) is 2.97. The molecule has 0 aromatic heterocycles. The van der Waals surface area contributed by atoms with E-state index in [1.54, 1.807) is 0 Å². The van der Waals surface area contributed by atoms with Crippen LogP contribution in [0.25, 0.3) is 0 Å². The highest BCUT2D eigenvalue weighted by molar-refractivity contribution is 5.71. The topological polar surface area (TPSA) is 115 Å². The molecule has 2 unspecified atom stereocenters. The van der Waals surface area contributed by atoms with Crippen LogP contribution in [-0.2, 0) is 22.4 Å². The molecule has 0 amide bonds. The maximum atomic E-state index is 10.8. The Morgan fingerprint density at radius 1 is 1.00 bits per heavy atom. The fourth-order valence-electron chi connectivity index (χ4n) is 1.85. The zero-order chi connectivity index (χ0) is 15.4. The summed E-state index contributed by atoms with van der Waals surface area (Å²) in [6.07, 6.45) is 0.0815. The maximum Gasteiger partial charge on any atom is 0.306 e. The van der Waals surface area contributed by atoms with Gasteiger partial charge in [0.15, 0.2) is 0 Å². The molecule has 0 saturated heterocycles. The summed E-state index contributed by atoms with van der Waals surface area (Å²) in [5.41, 5.74) is 0.514. The summed E-state index contributed by atoms with van der Waals surface area (Å²) in [6, 6.07) is 2.78. The predicted octanol–water partition coefficient (Wildman–Crippen LogP) is 1.62. The van der Waals surface area contributed by atoms with Gasteiger partial charge in [-0.1, -0.05) is 19.9 Å². The van der Waals surface area contributed by atoms with E-state index in [1.165, 1.54) is 26.0 Å². The van der Waals surface area contributed by atoms with Gasteiger partial charge < -0.3 is 20.4 Å². The normalized spacial score (nSPS) is 13.7. The van der Waals surface area contributed by atoms with Crippen LogP contribution < -0.4 is 0 Å². The number of phenolic OH excluding ortho intramolecular Hbond substituents is 2. The number of carbonyl (C=O) groups is 2. The second-order valence-electron chi connectivity index (χ2n) is 4.96. The van der Waals surface area contributed by atoms with Crippen LogP contribution in [0.5, 0.6) is 11.5 Å². The third-order valence-electron chi connectivity index (χ3n) is 3.22. The minimum atomic E-state index is -1.03. The Bertz CT molecular complexity index is 523. The van der Waals surface area contributed by atoms with E-state index >= 15 is 0 Å². The molecule has 1 aromatic carbocycles. The fraction of sp³-hybridized carbons (Fsp3) is 0.429. The number of carboxylic acids is 2. The van der Waals surface area contributed by atoms with Gasteiger partial charge in [-0.2, -0.15) is 0 Å². The molecule has 0 aliphatic heterocycles. The molecular weight excluding hydrogens is 264 g/mol. The van der Waals surface area contributed by atoms with Crippen molar-refractivity contribution in [2.45, 2.75) is 26.7 Å². The van der Waals surface area contributed by atoms with E-state index in [-0.39, 0.29) is 29.9 Å². The minimum Gasteiger partial charge on any atom is -0.508 e. The van der Waals surface area contributed by atoms with Crippen molar-refractivity contribution in [1.82, 2.24) is 0 Å². The first-order valence-electron chi connectivity index (χ1n) is 6.22. The van der Waals surface area contributed by atoms with Crippen LogP contribution in [0.4, 0.5) is 0 Å². The Balaban J connectivity index is 3.06. The molecule has 0 aliphatic carbocycles. The second kappa shape index (κ2) is 6.27. The molecular formula is C14H18O6. The largest absolute Gasteiger partial charge is 0.508 e. The van der Waals surface area contributed by atoms with E-state index in [2.05, 4.69) is 0 Å². The SMILES string of the molecule is CC(Cc1ccc(O)c(CC(C)C(=O)O)c1O)C(=O)O. The molecule has 20 heavy (non-hydrogen) atoms. The average molecular weight is 282 g/mol. The highest BCUT2D eigenvalue weighted by atomic mass is 16.4. The number of carboxylic acid groups (broad SMARTS) is 2. The lowest BCUT2D eigenvalue weighted by atomic mass is 9.93. The average Bonchev–Trinajstić information content (AvgIpc) is 2.37. The van der Waals surface area contributed by atoms with E-state index in [0.717, 1.165) is 0 Å². The van der Waals surface area contributed by atoms with Crippen molar-refractivity contribution in [3.8, 4) is 11.5 Å². The highest BCUT2D eigenvalue weighted by Crippen LogP contribution is 2.33. The van der Waals surface area contributed by atoms with E-state index < -0.39 is 23.8 Å². The van der Waals surface area contributed by atoms with Crippen molar-refractivity contribution < 1.29 is 30.0 Å². The monoisotopic (exact) mass is 282 g/mol. The molecule has 0 radical (unpaired) electrons. The van der Waals surface area contributed by atoms with Crippen LogP contribution in [0.1, 0.15) is 25.0 Å². The van der Waals surface area contributed by atoms with Crippen molar-refractivity contribution in [2.75, 3.05) is 0 Å². The smallest absolute Gasteiger partial charge is 0.306 e. The van der Waals surface area contributed by atoms with Crippen molar-refractivity contribution in [3.63, 3.8) is 0 Å². The first-order chi connectivity index (χ1) is 9.23. The molecule has 0 bridgehead atoms. The van der Waals surface area contributed by atoms with Gasteiger partial charge in [0.25, 0.3) is 0 Å². The number of rotatable bonds is 6. The highest BCUT2D eigenvalue weighted by Gasteiger charge is 2.21. The van der Waals surface area contributed by atoms with Crippen molar-refractivity contribution >= 4 is 11.9 Å². The Morgan fingerprint density at radius 2 is 1.50 bits per heavy atom. The number of phenols is 2. The summed E-state index contributed by atoms with van der Waals surface area (Å²) in [5, 5.41) is 37.5. The van der Waals surface area contributed by atoms with Crippen LogP contribution >= 0.6 is 0 Å². The van der Waals surface area contributed by atoms with Crippen LogP contribution in [0.2, 0.25) is 0 Å². The Morgan fingerprint density at radius 3 is 2.00 bits per heavy atom. The number of benzene rings is 1. The standard InChI is InChI=1S/C14H18O6/c1-7(13(17)18)5-9-3-4-11(15)10(12(9)16)6-8(2)14(19)20/h3-4,7-8,15-16H,5-6H2,1-2H3,(H,17,18)(H,19,20). The van der Waals surface area contributed by atoms with Crippen LogP contribution in [0.3, 0.4) is 0 Å². The van der Waals surface area contributed by atoms with E-state index in [1.807, 2.05) is 0 Å². The molecule has 2 atom stereocenters. The van der Waals surface area contributed by atoms with Crippen LogP contribution in [-0.4, -0.2) is 32.4 Å². The number of aliphatic carboxylic acids is 2. The molecule has 0 spiro atoms. The molecule has 0 saturated carbocycles. The molecule has 0 heterocycles. The maximum absolute atomic E-state index is 10.8. The van der Waals surface area contributed by atoms with Gasteiger partial charge in [-0.15, -0.1) is 0 Å². The van der Waals surface area contributed by atoms with Gasteiger partial charge >= 0.3 is 11.9 Å². The van der Waals surface area contributed by atoms with Crippen LogP contribution in [0, 0.1) is 11.8 Å². The van der Waals surface area contributed by atoms with Crippen LogP contribution in [0.15, 0.2) is 12.1 Å². The molecule has 0 fully saturated rings. The van der Waals surface area contributed by atoms with Crippen molar-refractivity contribution in [2.24, 2.45) is 11.8 Å². The van der Waals surface area contributed by atoms with Crippen molar-refractivity contribution in [1.29, 1.82) is 0 Å². The predicted molar refractivity (Wildman–Crippen MR) is 70.8 cm³/mol. The molecule has 6 heteroatoms. The van der Waals surface area contributed by atoms with Gasteiger partial charge in [-0.05, 0) is 24.5 Å². The Kier molecular flexibility index (Phi) is 4.96. The summed E-state index contributed by atoms with van der Waals surface area (Å²) in [4.78, 5) is 21.7. The Labute approximate surface area is 116 Å². The lowest BCUT2D eigenvalue weighted by Gasteiger charge is -2.15. The lowest BCUT2D eigenvalue weighted by Crippen LogP contribution is -2.14. The molecule has 0 aliphatic rings. The molecule has 1 rings (SSSR count). The van der Waals surface area contributed by atoms with Crippen molar-refractivity contribution in [3.05, 3.63) is 23.3 Å².